The van der Waals surface area contributed by atoms with Gasteiger partial charge in [-0.25, -0.2) is 14.2 Å². The van der Waals surface area contributed by atoms with E-state index in [2.05, 4.69) is 31.0 Å². The molecule has 0 atom stereocenters. The van der Waals surface area contributed by atoms with Crippen molar-refractivity contribution in [2.45, 2.75) is 26.3 Å². The summed E-state index contributed by atoms with van der Waals surface area (Å²) in [7, 11) is 0. The minimum Gasteiger partial charge on any atom is -0.365 e. The van der Waals surface area contributed by atoms with E-state index in [0.29, 0.717) is 12.5 Å². The Morgan fingerprint density at radius 1 is 1.18 bits per heavy atom. The number of aryl methyl sites for hydroxylation is 1. The van der Waals surface area contributed by atoms with Gasteiger partial charge in [-0.15, -0.1) is 0 Å². The van der Waals surface area contributed by atoms with E-state index in [9.17, 15) is 4.79 Å². The molecule has 0 unspecified atom stereocenters. The highest BCUT2D eigenvalue weighted by atomic mass is 35.5. The summed E-state index contributed by atoms with van der Waals surface area (Å²) >= 11 is 6.42. The van der Waals surface area contributed by atoms with E-state index >= 15 is 0 Å². The molecular formula is C19H22ClN7O. The van der Waals surface area contributed by atoms with Gasteiger partial charge in [0, 0.05) is 45.1 Å². The van der Waals surface area contributed by atoms with Crippen LogP contribution >= 0.6 is 11.6 Å². The molecule has 0 radical (unpaired) electrons. The molecule has 0 bridgehead atoms. The van der Waals surface area contributed by atoms with Gasteiger partial charge in [-0.1, -0.05) is 11.6 Å². The number of piperazine rings is 1. The SMILES string of the molecule is Cc1cc2c(N3CCN(c4cnn(CC5CC5)c(=O)c4Cl)CC3)nccn2n1. The molecule has 5 rings (SSSR count). The fourth-order valence-corrected chi connectivity index (χ4v) is 4.05. The van der Waals surface area contributed by atoms with E-state index in [1.54, 1.807) is 12.4 Å². The van der Waals surface area contributed by atoms with E-state index in [1.807, 2.05) is 17.6 Å². The van der Waals surface area contributed by atoms with Gasteiger partial charge in [-0.05, 0) is 31.7 Å². The number of anilines is 2. The second kappa shape index (κ2) is 6.77. The third kappa shape index (κ3) is 3.11. The van der Waals surface area contributed by atoms with Gasteiger partial charge in [-0.3, -0.25) is 4.79 Å². The van der Waals surface area contributed by atoms with Crippen molar-refractivity contribution >= 4 is 28.6 Å². The Balaban J connectivity index is 1.34. The van der Waals surface area contributed by atoms with Gasteiger partial charge >= 0.3 is 0 Å². The highest BCUT2D eigenvalue weighted by Gasteiger charge is 2.26. The van der Waals surface area contributed by atoms with Crippen LogP contribution in [0.4, 0.5) is 11.5 Å². The zero-order valence-electron chi connectivity index (χ0n) is 15.8. The van der Waals surface area contributed by atoms with Crippen LogP contribution in [0.15, 0.2) is 29.5 Å². The van der Waals surface area contributed by atoms with Gasteiger partial charge in [0.2, 0.25) is 0 Å². The van der Waals surface area contributed by atoms with Crippen molar-refractivity contribution in [3.05, 3.63) is 45.7 Å². The van der Waals surface area contributed by atoms with Crippen LogP contribution in [0, 0.1) is 12.8 Å². The average Bonchev–Trinajstić information content (AvgIpc) is 3.43. The first-order valence-corrected chi connectivity index (χ1v) is 10.0. The predicted molar refractivity (Wildman–Crippen MR) is 108 cm³/mol. The Labute approximate surface area is 167 Å². The lowest BCUT2D eigenvalue weighted by molar-refractivity contribution is 0.531. The van der Waals surface area contributed by atoms with Gasteiger partial charge < -0.3 is 9.80 Å². The Hall–Kier alpha value is -2.61. The molecule has 146 valence electrons. The second-order valence-corrected chi connectivity index (χ2v) is 7.99. The lowest BCUT2D eigenvalue weighted by atomic mass is 10.2. The summed E-state index contributed by atoms with van der Waals surface area (Å²) in [6, 6.07) is 2.05. The number of halogens is 1. The Kier molecular flexibility index (Phi) is 4.23. The van der Waals surface area contributed by atoms with Crippen LogP contribution in [0.25, 0.3) is 5.52 Å². The normalized spacial score (nSPS) is 17.5. The van der Waals surface area contributed by atoms with Crippen molar-refractivity contribution in [2.24, 2.45) is 5.92 Å². The summed E-state index contributed by atoms with van der Waals surface area (Å²) in [5, 5.41) is 9.09. The van der Waals surface area contributed by atoms with Crippen molar-refractivity contribution < 1.29 is 0 Å². The third-order valence-corrected chi connectivity index (χ3v) is 5.86. The van der Waals surface area contributed by atoms with Crippen LogP contribution in [0.2, 0.25) is 5.02 Å². The topological polar surface area (TPSA) is 71.6 Å². The molecule has 8 nitrogen and oxygen atoms in total. The molecule has 0 aromatic carbocycles. The van der Waals surface area contributed by atoms with Gasteiger partial charge in [0.15, 0.2) is 5.82 Å². The number of rotatable bonds is 4. The van der Waals surface area contributed by atoms with Crippen molar-refractivity contribution in [3.63, 3.8) is 0 Å². The van der Waals surface area contributed by atoms with Crippen LogP contribution in [0.3, 0.4) is 0 Å². The molecule has 28 heavy (non-hydrogen) atoms. The van der Waals surface area contributed by atoms with Crippen molar-refractivity contribution in [3.8, 4) is 0 Å². The molecule has 9 heteroatoms. The molecule has 4 heterocycles. The summed E-state index contributed by atoms with van der Waals surface area (Å²) in [5.74, 6) is 1.52. The maximum absolute atomic E-state index is 12.5. The van der Waals surface area contributed by atoms with Gasteiger partial charge in [-0.2, -0.15) is 10.2 Å². The maximum atomic E-state index is 12.5. The average molecular weight is 400 g/mol. The van der Waals surface area contributed by atoms with Crippen LogP contribution < -0.4 is 15.4 Å². The highest BCUT2D eigenvalue weighted by molar-refractivity contribution is 6.33. The van der Waals surface area contributed by atoms with Crippen molar-refractivity contribution in [1.82, 2.24) is 24.4 Å². The predicted octanol–water partition coefficient (Wildman–Crippen LogP) is 1.98. The summed E-state index contributed by atoms with van der Waals surface area (Å²) in [6.07, 6.45) is 7.73. The van der Waals surface area contributed by atoms with Crippen LogP contribution in [-0.2, 0) is 6.54 Å². The summed E-state index contributed by atoms with van der Waals surface area (Å²) in [4.78, 5) is 21.5. The largest absolute Gasteiger partial charge is 0.365 e. The first-order chi connectivity index (χ1) is 13.6. The molecule has 0 spiro atoms. The number of aromatic nitrogens is 5. The lowest BCUT2D eigenvalue weighted by Crippen LogP contribution is -2.47. The van der Waals surface area contributed by atoms with Crippen molar-refractivity contribution in [2.75, 3.05) is 36.0 Å². The van der Waals surface area contributed by atoms with E-state index in [4.69, 9.17) is 11.6 Å². The lowest BCUT2D eigenvalue weighted by Gasteiger charge is -2.36. The fraction of sp³-hybridized carbons (Fsp3) is 0.474. The number of hydrogen-bond acceptors (Lipinski definition) is 6. The zero-order valence-corrected chi connectivity index (χ0v) is 16.5. The maximum Gasteiger partial charge on any atom is 0.287 e. The monoisotopic (exact) mass is 399 g/mol. The van der Waals surface area contributed by atoms with Crippen LogP contribution in [0.1, 0.15) is 18.5 Å². The van der Waals surface area contributed by atoms with E-state index in [1.165, 1.54) is 17.5 Å². The molecular weight excluding hydrogens is 378 g/mol. The van der Waals surface area contributed by atoms with Crippen molar-refractivity contribution in [1.29, 1.82) is 0 Å². The van der Waals surface area contributed by atoms with Crippen LogP contribution in [0.5, 0.6) is 0 Å². The van der Waals surface area contributed by atoms with Gasteiger partial charge in [0.1, 0.15) is 10.5 Å². The minimum atomic E-state index is -0.185. The number of fused-ring (bicyclic) bond motifs is 1. The first kappa shape index (κ1) is 17.5. The Morgan fingerprint density at radius 3 is 2.68 bits per heavy atom. The fourth-order valence-electron chi connectivity index (χ4n) is 3.79. The van der Waals surface area contributed by atoms with Gasteiger partial charge in [0.05, 0.1) is 17.6 Å². The van der Waals surface area contributed by atoms with E-state index in [-0.39, 0.29) is 10.6 Å². The third-order valence-electron chi connectivity index (χ3n) is 5.51. The molecule has 2 fully saturated rings. The summed E-state index contributed by atoms with van der Waals surface area (Å²) < 4.78 is 3.37. The molecule has 1 aliphatic heterocycles. The molecule has 1 aliphatic carbocycles. The Morgan fingerprint density at radius 2 is 1.93 bits per heavy atom. The smallest absolute Gasteiger partial charge is 0.287 e. The highest BCUT2D eigenvalue weighted by Crippen LogP contribution is 2.30. The summed E-state index contributed by atoms with van der Waals surface area (Å²) in [5.41, 5.74) is 2.52. The number of hydrogen-bond donors (Lipinski definition) is 0. The van der Waals surface area contributed by atoms with Crippen LogP contribution in [-0.4, -0.2) is 50.6 Å². The first-order valence-electron chi connectivity index (χ1n) is 9.66. The summed E-state index contributed by atoms with van der Waals surface area (Å²) in [6.45, 7) is 5.74. The van der Waals surface area contributed by atoms with E-state index in [0.717, 1.165) is 48.9 Å². The second-order valence-electron chi connectivity index (χ2n) is 7.61. The molecule has 2 aliphatic rings. The number of nitrogens with zero attached hydrogens (tertiary/aromatic N) is 7. The standard InChI is InChI=1S/C19H22ClN7O/c1-13-10-15-18(21-4-5-26(15)23-13)25-8-6-24(7-9-25)16-11-22-27(12-14-2-3-14)19(28)17(16)20/h4-5,10-11,14H,2-3,6-9,12H2,1H3. The molecule has 1 saturated heterocycles. The van der Waals surface area contributed by atoms with E-state index < -0.39 is 0 Å². The molecule has 0 amide bonds. The zero-order chi connectivity index (χ0) is 19.3. The molecule has 0 N–H and O–H groups in total. The quantitative estimate of drug-likeness (QED) is 0.668. The minimum absolute atomic E-state index is 0.185. The molecule has 3 aromatic rings. The molecule has 1 saturated carbocycles. The van der Waals surface area contributed by atoms with Gasteiger partial charge in [0.25, 0.3) is 5.56 Å². The molecule has 3 aromatic heterocycles. The Bertz CT molecular complexity index is 1080.